The zero-order valence-electron chi connectivity index (χ0n) is 17.5. The third kappa shape index (κ3) is 5.52. The summed E-state index contributed by atoms with van der Waals surface area (Å²) in [4.78, 5) is 12.9. The molecule has 1 aliphatic heterocycles. The molecule has 1 heterocycles. The molecular weight excluding hydrogens is 380 g/mol. The molecule has 1 atom stereocenters. The molecule has 1 fully saturated rings. The molecular formula is C24H28N2O4. The van der Waals surface area contributed by atoms with Gasteiger partial charge in [0.05, 0.1) is 31.5 Å². The van der Waals surface area contributed by atoms with E-state index in [1.54, 1.807) is 31.2 Å². The maximum atomic E-state index is 12.9. The van der Waals surface area contributed by atoms with E-state index in [9.17, 15) is 4.79 Å². The first-order valence-electron chi connectivity index (χ1n) is 10.4. The molecule has 0 amide bonds. The van der Waals surface area contributed by atoms with E-state index in [-0.39, 0.29) is 18.7 Å². The molecule has 1 unspecified atom stereocenters. The summed E-state index contributed by atoms with van der Waals surface area (Å²) in [6, 6.07) is 14.4. The van der Waals surface area contributed by atoms with Crippen molar-refractivity contribution in [3.63, 3.8) is 0 Å². The largest absolute Gasteiger partial charge is 0.490 e. The van der Waals surface area contributed by atoms with Gasteiger partial charge >= 0.3 is 5.97 Å². The van der Waals surface area contributed by atoms with E-state index >= 15 is 0 Å². The highest BCUT2D eigenvalue weighted by Gasteiger charge is 2.27. The van der Waals surface area contributed by atoms with Gasteiger partial charge in [-0.05, 0) is 55.3 Å². The van der Waals surface area contributed by atoms with Crippen molar-refractivity contribution in [2.45, 2.75) is 45.3 Å². The van der Waals surface area contributed by atoms with Crippen LogP contribution in [0.25, 0.3) is 0 Å². The van der Waals surface area contributed by atoms with Gasteiger partial charge in [0.25, 0.3) is 0 Å². The second kappa shape index (κ2) is 10.7. The van der Waals surface area contributed by atoms with Gasteiger partial charge in [0.1, 0.15) is 11.9 Å². The zero-order valence-corrected chi connectivity index (χ0v) is 17.5. The number of esters is 1. The highest BCUT2D eigenvalue weighted by molar-refractivity contribution is 5.82. The van der Waals surface area contributed by atoms with E-state index in [1.807, 2.05) is 18.2 Å². The third-order valence-corrected chi connectivity index (χ3v) is 5.10. The second-order valence-corrected chi connectivity index (χ2v) is 7.17. The highest BCUT2D eigenvalue weighted by atomic mass is 16.5. The van der Waals surface area contributed by atoms with E-state index in [0.717, 1.165) is 36.1 Å². The van der Waals surface area contributed by atoms with Crippen LogP contribution < -0.4 is 10.1 Å². The molecule has 0 saturated carbocycles. The lowest BCUT2D eigenvalue weighted by atomic mass is 10.0. The van der Waals surface area contributed by atoms with Gasteiger partial charge in [0.2, 0.25) is 0 Å². The van der Waals surface area contributed by atoms with Crippen LogP contribution in [0.2, 0.25) is 0 Å². The van der Waals surface area contributed by atoms with Gasteiger partial charge in [0, 0.05) is 24.1 Å². The van der Waals surface area contributed by atoms with E-state index < -0.39 is 6.04 Å². The van der Waals surface area contributed by atoms with Crippen molar-refractivity contribution in [1.29, 1.82) is 5.26 Å². The number of nitrogens with one attached hydrogen (secondary N) is 1. The fraction of sp³-hybridized carbons (Fsp3) is 0.417. The second-order valence-electron chi connectivity index (χ2n) is 7.17. The molecule has 6 nitrogen and oxygen atoms in total. The van der Waals surface area contributed by atoms with E-state index in [2.05, 4.69) is 18.3 Å². The Kier molecular flexibility index (Phi) is 7.69. The zero-order chi connectivity index (χ0) is 21.3. The van der Waals surface area contributed by atoms with Crippen molar-refractivity contribution < 1.29 is 19.0 Å². The third-order valence-electron chi connectivity index (χ3n) is 5.10. The molecule has 158 valence electrons. The number of carbonyl (C=O) groups excluding carboxylic acids is 1. The van der Waals surface area contributed by atoms with Gasteiger partial charge < -0.3 is 19.5 Å². The number of aryl methyl sites for hydroxylation is 1. The summed E-state index contributed by atoms with van der Waals surface area (Å²) < 4.78 is 17.1. The van der Waals surface area contributed by atoms with Crippen LogP contribution in [0, 0.1) is 11.3 Å². The Morgan fingerprint density at radius 1 is 1.20 bits per heavy atom. The van der Waals surface area contributed by atoms with Crippen LogP contribution in [-0.4, -0.2) is 31.9 Å². The number of hydrogen-bond donors (Lipinski definition) is 1. The van der Waals surface area contributed by atoms with Gasteiger partial charge in [-0.15, -0.1) is 0 Å². The van der Waals surface area contributed by atoms with Crippen LogP contribution in [0.1, 0.15) is 49.4 Å². The van der Waals surface area contributed by atoms with Crippen LogP contribution >= 0.6 is 0 Å². The molecule has 3 rings (SSSR count). The number of carbonyl (C=O) groups is 1. The molecule has 1 aliphatic rings. The van der Waals surface area contributed by atoms with Crippen LogP contribution in [0.4, 0.5) is 5.69 Å². The molecule has 0 aromatic heterocycles. The first-order valence-corrected chi connectivity index (χ1v) is 10.4. The normalized spacial score (nSPS) is 15.1. The first-order chi connectivity index (χ1) is 14.6. The number of benzene rings is 2. The summed E-state index contributed by atoms with van der Waals surface area (Å²) in [6.07, 6.45) is 2.55. The summed E-state index contributed by atoms with van der Waals surface area (Å²) in [5.74, 6) is 0.310. The summed E-state index contributed by atoms with van der Waals surface area (Å²) in [7, 11) is 0. The van der Waals surface area contributed by atoms with Crippen molar-refractivity contribution in [2.75, 3.05) is 25.1 Å². The Labute approximate surface area is 177 Å². The van der Waals surface area contributed by atoms with Crippen LogP contribution in [0.3, 0.4) is 0 Å². The Morgan fingerprint density at radius 2 is 1.93 bits per heavy atom. The van der Waals surface area contributed by atoms with Crippen LogP contribution in [0.15, 0.2) is 42.5 Å². The number of ether oxygens (including phenoxy) is 3. The van der Waals surface area contributed by atoms with Gasteiger partial charge in [-0.3, -0.25) is 0 Å². The minimum absolute atomic E-state index is 0.0581. The van der Waals surface area contributed by atoms with E-state index in [1.165, 1.54) is 0 Å². The molecule has 1 saturated heterocycles. The summed E-state index contributed by atoms with van der Waals surface area (Å²) >= 11 is 0. The lowest BCUT2D eigenvalue weighted by molar-refractivity contribution is -0.144. The Bertz CT molecular complexity index is 883. The lowest BCUT2D eigenvalue weighted by Gasteiger charge is -2.27. The fourth-order valence-corrected chi connectivity index (χ4v) is 3.42. The Morgan fingerprint density at radius 3 is 2.57 bits per heavy atom. The van der Waals surface area contributed by atoms with Gasteiger partial charge in [-0.1, -0.05) is 13.0 Å². The van der Waals surface area contributed by atoms with Crippen molar-refractivity contribution in [2.24, 2.45) is 0 Å². The topological polar surface area (TPSA) is 80.6 Å². The molecule has 0 spiro atoms. The summed E-state index contributed by atoms with van der Waals surface area (Å²) in [5.41, 5.74) is 3.15. The molecule has 6 heteroatoms. The number of anilines is 1. The van der Waals surface area contributed by atoms with Gasteiger partial charge in [-0.25, -0.2) is 4.79 Å². The Hall–Kier alpha value is -3.04. The molecule has 30 heavy (non-hydrogen) atoms. The minimum Gasteiger partial charge on any atom is -0.490 e. The SMILES string of the molecule is CCOC(=O)C(Nc1ccc(C#N)cc1)c1cc(CC)ccc1OC1CCOCC1. The predicted molar refractivity (Wildman–Crippen MR) is 114 cm³/mol. The lowest BCUT2D eigenvalue weighted by Crippen LogP contribution is -2.28. The van der Waals surface area contributed by atoms with E-state index in [4.69, 9.17) is 19.5 Å². The van der Waals surface area contributed by atoms with Crippen molar-refractivity contribution in [1.82, 2.24) is 0 Å². The fourth-order valence-electron chi connectivity index (χ4n) is 3.42. The number of hydrogen-bond acceptors (Lipinski definition) is 6. The van der Waals surface area contributed by atoms with Crippen LogP contribution in [-0.2, 0) is 20.7 Å². The molecule has 0 radical (unpaired) electrons. The molecule has 0 aliphatic carbocycles. The Balaban J connectivity index is 1.94. The van der Waals surface area contributed by atoms with Crippen LogP contribution in [0.5, 0.6) is 5.75 Å². The standard InChI is InChI=1S/C24H28N2O4/c1-3-17-7-10-22(30-20-11-13-28-14-12-20)21(15-17)23(24(27)29-4-2)26-19-8-5-18(16-25)6-9-19/h5-10,15,20,23,26H,3-4,11-14H2,1-2H3. The molecule has 2 aromatic rings. The predicted octanol–water partition coefficient (Wildman–Crippen LogP) is 4.39. The summed E-state index contributed by atoms with van der Waals surface area (Å²) in [6.45, 7) is 5.51. The molecule has 0 bridgehead atoms. The van der Waals surface area contributed by atoms with Crippen molar-refractivity contribution in [3.05, 3.63) is 59.2 Å². The smallest absolute Gasteiger partial charge is 0.333 e. The molecule has 2 aromatic carbocycles. The number of rotatable bonds is 8. The average molecular weight is 408 g/mol. The maximum absolute atomic E-state index is 12.9. The average Bonchev–Trinajstić information content (AvgIpc) is 2.79. The van der Waals surface area contributed by atoms with Crippen molar-refractivity contribution >= 4 is 11.7 Å². The van der Waals surface area contributed by atoms with E-state index in [0.29, 0.717) is 24.5 Å². The maximum Gasteiger partial charge on any atom is 0.333 e. The quantitative estimate of drug-likeness (QED) is 0.652. The number of nitriles is 1. The molecule has 1 N–H and O–H groups in total. The number of nitrogens with zero attached hydrogens (tertiary/aromatic N) is 1. The summed E-state index contributed by atoms with van der Waals surface area (Å²) in [5, 5.41) is 12.3. The van der Waals surface area contributed by atoms with Crippen molar-refractivity contribution in [3.8, 4) is 11.8 Å². The van der Waals surface area contributed by atoms with Gasteiger partial charge in [0.15, 0.2) is 6.04 Å². The highest BCUT2D eigenvalue weighted by Crippen LogP contribution is 2.32. The van der Waals surface area contributed by atoms with Gasteiger partial charge in [-0.2, -0.15) is 5.26 Å². The monoisotopic (exact) mass is 408 g/mol. The minimum atomic E-state index is -0.723. The first kappa shape index (κ1) is 21.7.